The number of ether oxygens (including phenoxy) is 3. The van der Waals surface area contributed by atoms with Crippen molar-refractivity contribution in [3.05, 3.63) is 17.7 Å². The quantitative estimate of drug-likeness (QED) is 0.820. The highest BCUT2D eigenvalue weighted by molar-refractivity contribution is 5.51. The van der Waals surface area contributed by atoms with Crippen LogP contribution >= 0.6 is 0 Å². The van der Waals surface area contributed by atoms with E-state index in [-0.39, 0.29) is 12.9 Å². The van der Waals surface area contributed by atoms with E-state index in [9.17, 15) is 5.11 Å². The Kier molecular flexibility index (Phi) is 3.40. The lowest BCUT2D eigenvalue weighted by Gasteiger charge is -2.19. The van der Waals surface area contributed by atoms with Gasteiger partial charge < -0.3 is 25.1 Å². The molecule has 1 aliphatic rings. The highest BCUT2D eigenvalue weighted by Crippen LogP contribution is 2.38. The van der Waals surface area contributed by atoms with Gasteiger partial charge in [-0.1, -0.05) is 0 Å². The van der Waals surface area contributed by atoms with Gasteiger partial charge in [0, 0.05) is 18.2 Å². The number of benzene rings is 1. The van der Waals surface area contributed by atoms with E-state index in [1.54, 1.807) is 19.9 Å². The molecule has 1 aromatic rings. The SMILES string of the molecule is CC(O)C(C)Oc1cc2c(cc1CN)OCO2. The van der Waals surface area contributed by atoms with Crippen molar-refractivity contribution < 1.29 is 19.3 Å². The Morgan fingerprint density at radius 2 is 2.00 bits per heavy atom. The summed E-state index contributed by atoms with van der Waals surface area (Å²) >= 11 is 0. The summed E-state index contributed by atoms with van der Waals surface area (Å²) in [5, 5.41) is 9.43. The number of hydrogen-bond donors (Lipinski definition) is 2. The first kappa shape index (κ1) is 12.0. The molecule has 3 N–H and O–H groups in total. The van der Waals surface area contributed by atoms with Crippen molar-refractivity contribution in [2.45, 2.75) is 32.6 Å². The molecule has 17 heavy (non-hydrogen) atoms. The van der Waals surface area contributed by atoms with Crippen LogP contribution in [0.4, 0.5) is 0 Å². The first-order chi connectivity index (χ1) is 8.11. The maximum absolute atomic E-state index is 9.43. The van der Waals surface area contributed by atoms with Crippen LogP contribution in [0.2, 0.25) is 0 Å². The van der Waals surface area contributed by atoms with E-state index in [4.69, 9.17) is 19.9 Å². The van der Waals surface area contributed by atoms with Gasteiger partial charge in [0.25, 0.3) is 0 Å². The topological polar surface area (TPSA) is 73.9 Å². The van der Waals surface area contributed by atoms with Crippen molar-refractivity contribution in [3.8, 4) is 17.2 Å². The van der Waals surface area contributed by atoms with Gasteiger partial charge in [0.2, 0.25) is 6.79 Å². The number of nitrogens with two attached hydrogens (primary N) is 1. The molecule has 0 saturated carbocycles. The van der Waals surface area contributed by atoms with E-state index in [0.717, 1.165) is 5.56 Å². The number of aliphatic hydroxyl groups excluding tert-OH is 1. The number of fused-ring (bicyclic) bond motifs is 1. The average Bonchev–Trinajstić information content (AvgIpc) is 2.74. The van der Waals surface area contributed by atoms with Gasteiger partial charge in [0.15, 0.2) is 11.5 Å². The largest absolute Gasteiger partial charge is 0.488 e. The Morgan fingerprint density at radius 3 is 2.59 bits per heavy atom. The van der Waals surface area contributed by atoms with E-state index in [1.807, 2.05) is 6.07 Å². The first-order valence-electron chi connectivity index (χ1n) is 5.59. The fourth-order valence-electron chi connectivity index (χ4n) is 1.53. The molecule has 0 aliphatic carbocycles. The lowest BCUT2D eigenvalue weighted by molar-refractivity contribution is 0.0597. The summed E-state index contributed by atoms with van der Waals surface area (Å²) in [4.78, 5) is 0. The Labute approximate surface area is 100 Å². The summed E-state index contributed by atoms with van der Waals surface area (Å²) in [7, 11) is 0. The second kappa shape index (κ2) is 4.81. The van der Waals surface area contributed by atoms with Crippen molar-refractivity contribution in [1.82, 2.24) is 0 Å². The van der Waals surface area contributed by atoms with Gasteiger partial charge in [-0.2, -0.15) is 0 Å². The second-order valence-corrected chi connectivity index (χ2v) is 4.08. The molecule has 0 saturated heterocycles. The Morgan fingerprint density at radius 1 is 1.35 bits per heavy atom. The fourth-order valence-corrected chi connectivity index (χ4v) is 1.53. The molecule has 5 heteroatoms. The molecule has 2 rings (SSSR count). The summed E-state index contributed by atoms with van der Waals surface area (Å²) in [6, 6.07) is 3.57. The van der Waals surface area contributed by atoms with Crippen LogP contribution in [0.25, 0.3) is 0 Å². The van der Waals surface area contributed by atoms with Crippen LogP contribution in [0, 0.1) is 0 Å². The van der Waals surface area contributed by atoms with E-state index in [2.05, 4.69) is 0 Å². The summed E-state index contributed by atoms with van der Waals surface area (Å²) in [5.74, 6) is 1.96. The molecule has 0 fully saturated rings. The van der Waals surface area contributed by atoms with Gasteiger partial charge in [-0.3, -0.25) is 0 Å². The molecule has 0 amide bonds. The van der Waals surface area contributed by atoms with Crippen LogP contribution < -0.4 is 19.9 Å². The maximum atomic E-state index is 9.43. The Bertz CT molecular complexity index is 406. The minimum atomic E-state index is -0.550. The Balaban J connectivity index is 2.26. The zero-order valence-electron chi connectivity index (χ0n) is 9.97. The van der Waals surface area contributed by atoms with Gasteiger partial charge in [-0.15, -0.1) is 0 Å². The van der Waals surface area contributed by atoms with E-state index in [0.29, 0.717) is 23.8 Å². The van der Waals surface area contributed by atoms with Gasteiger partial charge in [0.05, 0.1) is 6.10 Å². The smallest absolute Gasteiger partial charge is 0.231 e. The molecule has 0 radical (unpaired) electrons. The van der Waals surface area contributed by atoms with Gasteiger partial charge >= 0.3 is 0 Å². The third-order valence-electron chi connectivity index (χ3n) is 2.77. The van der Waals surface area contributed by atoms with Crippen LogP contribution in [0.15, 0.2) is 12.1 Å². The van der Waals surface area contributed by atoms with Crippen molar-refractivity contribution in [2.24, 2.45) is 5.73 Å². The molecular weight excluding hydrogens is 222 g/mol. The monoisotopic (exact) mass is 239 g/mol. The van der Waals surface area contributed by atoms with Crippen LogP contribution in [0.5, 0.6) is 17.2 Å². The predicted octanol–water partition coefficient (Wildman–Crippen LogP) is 1.02. The molecule has 0 bridgehead atoms. The number of aliphatic hydroxyl groups is 1. The normalized spacial score (nSPS) is 16.7. The van der Waals surface area contributed by atoms with Crippen molar-refractivity contribution in [3.63, 3.8) is 0 Å². The van der Waals surface area contributed by atoms with Crippen LogP contribution in [-0.2, 0) is 6.54 Å². The van der Waals surface area contributed by atoms with Crippen LogP contribution in [-0.4, -0.2) is 24.1 Å². The molecular formula is C12H17NO4. The third kappa shape index (κ3) is 2.45. The zero-order valence-corrected chi connectivity index (χ0v) is 9.97. The summed E-state index contributed by atoms with van der Waals surface area (Å²) in [6.45, 7) is 4.04. The summed E-state index contributed by atoms with van der Waals surface area (Å²) in [5.41, 5.74) is 6.49. The summed E-state index contributed by atoms with van der Waals surface area (Å²) in [6.07, 6.45) is -0.855. The van der Waals surface area contributed by atoms with Crippen molar-refractivity contribution >= 4 is 0 Å². The standard InChI is InChI=1S/C12H17NO4/c1-7(14)8(2)17-10-4-12-11(15-6-16-12)3-9(10)5-13/h3-4,7-8,14H,5-6,13H2,1-2H3. The fraction of sp³-hybridized carbons (Fsp3) is 0.500. The third-order valence-corrected chi connectivity index (χ3v) is 2.77. The zero-order chi connectivity index (χ0) is 12.4. The molecule has 1 aromatic carbocycles. The average molecular weight is 239 g/mol. The minimum absolute atomic E-state index is 0.217. The van der Waals surface area contributed by atoms with Crippen molar-refractivity contribution in [1.29, 1.82) is 0 Å². The van der Waals surface area contributed by atoms with E-state index < -0.39 is 6.10 Å². The van der Waals surface area contributed by atoms with Crippen LogP contribution in [0.3, 0.4) is 0 Å². The maximum Gasteiger partial charge on any atom is 0.231 e. The lowest BCUT2D eigenvalue weighted by Crippen LogP contribution is -2.26. The first-order valence-corrected chi connectivity index (χ1v) is 5.59. The minimum Gasteiger partial charge on any atom is -0.488 e. The lowest BCUT2D eigenvalue weighted by atomic mass is 10.1. The molecule has 1 aliphatic heterocycles. The van der Waals surface area contributed by atoms with E-state index in [1.165, 1.54) is 0 Å². The molecule has 0 aromatic heterocycles. The van der Waals surface area contributed by atoms with Gasteiger partial charge in [-0.05, 0) is 19.9 Å². The predicted molar refractivity (Wildman–Crippen MR) is 62.2 cm³/mol. The molecule has 2 unspecified atom stereocenters. The van der Waals surface area contributed by atoms with Crippen molar-refractivity contribution in [2.75, 3.05) is 6.79 Å². The van der Waals surface area contributed by atoms with E-state index >= 15 is 0 Å². The molecule has 2 atom stereocenters. The highest BCUT2D eigenvalue weighted by atomic mass is 16.7. The number of hydrogen-bond acceptors (Lipinski definition) is 5. The van der Waals surface area contributed by atoms with Crippen LogP contribution in [0.1, 0.15) is 19.4 Å². The molecule has 0 spiro atoms. The molecule has 1 heterocycles. The second-order valence-electron chi connectivity index (χ2n) is 4.08. The molecule has 5 nitrogen and oxygen atoms in total. The Hall–Kier alpha value is -1.46. The van der Waals surface area contributed by atoms with Gasteiger partial charge in [-0.25, -0.2) is 0 Å². The van der Waals surface area contributed by atoms with Gasteiger partial charge in [0.1, 0.15) is 11.9 Å². The molecule has 94 valence electrons. The highest BCUT2D eigenvalue weighted by Gasteiger charge is 2.19. The summed E-state index contributed by atoms with van der Waals surface area (Å²) < 4.78 is 16.2. The number of rotatable bonds is 4.